The first-order chi connectivity index (χ1) is 10.5. The third kappa shape index (κ3) is 3.71. The summed E-state index contributed by atoms with van der Waals surface area (Å²) < 4.78 is 50.2. The molecule has 2 N–H and O–H groups in total. The average Bonchev–Trinajstić information content (AvgIpc) is 2.52. The Morgan fingerprint density at radius 3 is 2.45 bits per heavy atom. The lowest BCUT2D eigenvalue weighted by atomic mass is 9.98. The molecule has 6 heteroatoms. The Balaban J connectivity index is 2.49. The molecule has 0 atom stereocenters. The van der Waals surface area contributed by atoms with Gasteiger partial charge in [0.15, 0.2) is 0 Å². The van der Waals surface area contributed by atoms with Crippen LogP contribution in [0.5, 0.6) is 11.5 Å². The molecule has 0 amide bonds. The first-order valence-electron chi connectivity index (χ1n) is 6.64. The fraction of sp³-hybridized carbons (Fsp3) is 0.250. The highest BCUT2D eigenvalue weighted by atomic mass is 19.4. The van der Waals surface area contributed by atoms with Gasteiger partial charge in [-0.3, -0.25) is 0 Å². The van der Waals surface area contributed by atoms with Crippen LogP contribution >= 0.6 is 0 Å². The lowest BCUT2D eigenvalue weighted by molar-refractivity contribution is -0.137. The molecule has 0 saturated carbocycles. The van der Waals surface area contributed by atoms with E-state index in [2.05, 4.69) is 0 Å². The molecule has 0 heterocycles. The van der Waals surface area contributed by atoms with E-state index in [1.54, 1.807) is 24.3 Å². The molecule has 0 spiro atoms. The van der Waals surface area contributed by atoms with Crippen molar-refractivity contribution in [3.63, 3.8) is 0 Å². The van der Waals surface area contributed by atoms with Crippen molar-refractivity contribution in [2.24, 2.45) is 5.73 Å². The monoisotopic (exact) mass is 311 g/mol. The molecule has 2 rings (SSSR count). The Hall–Kier alpha value is -2.21. The Bertz CT molecular complexity index is 642. The zero-order chi connectivity index (χ0) is 16.2. The van der Waals surface area contributed by atoms with Crippen LogP contribution in [0.4, 0.5) is 13.2 Å². The van der Waals surface area contributed by atoms with Crippen LogP contribution in [0.15, 0.2) is 42.5 Å². The topological polar surface area (TPSA) is 44.5 Å². The van der Waals surface area contributed by atoms with Crippen LogP contribution < -0.4 is 15.2 Å². The van der Waals surface area contributed by atoms with Crippen molar-refractivity contribution in [2.75, 3.05) is 20.3 Å². The number of hydrogen-bond donors (Lipinski definition) is 1. The Morgan fingerprint density at radius 2 is 1.82 bits per heavy atom. The number of alkyl halides is 3. The minimum absolute atomic E-state index is 0.0755. The summed E-state index contributed by atoms with van der Waals surface area (Å²) in [5.41, 5.74) is 5.04. The molecule has 0 aliphatic rings. The molecule has 0 fully saturated rings. The van der Waals surface area contributed by atoms with E-state index in [4.69, 9.17) is 15.2 Å². The van der Waals surface area contributed by atoms with Crippen LogP contribution in [0.25, 0.3) is 11.1 Å². The van der Waals surface area contributed by atoms with Crippen LogP contribution in [0.3, 0.4) is 0 Å². The molecule has 0 saturated heterocycles. The van der Waals surface area contributed by atoms with Crippen LogP contribution in [-0.4, -0.2) is 20.3 Å². The van der Waals surface area contributed by atoms with Gasteiger partial charge in [-0.25, -0.2) is 0 Å². The molecule has 0 aliphatic carbocycles. The fourth-order valence-corrected chi connectivity index (χ4v) is 2.07. The molecule has 22 heavy (non-hydrogen) atoms. The molecule has 0 radical (unpaired) electrons. The van der Waals surface area contributed by atoms with Crippen LogP contribution in [0.1, 0.15) is 5.56 Å². The lowest BCUT2D eigenvalue weighted by Gasteiger charge is -2.15. The highest BCUT2D eigenvalue weighted by molar-refractivity contribution is 5.70. The number of benzene rings is 2. The van der Waals surface area contributed by atoms with E-state index in [1.165, 1.54) is 19.2 Å². The second kappa shape index (κ2) is 6.70. The number of rotatable bonds is 5. The van der Waals surface area contributed by atoms with E-state index in [0.717, 1.165) is 6.07 Å². The molecule has 3 nitrogen and oxygen atoms in total. The van der Waals surface area contributed by atoms with Crippen molar-refractivity contribution in [3.05, 3.63) is 48.0 Å². The van der Waals surface area contributed by atoms with Crippen LogP contribution in [0, 0.1) is 0 Å². The third-order valence-electron chi connectivity index (χ3n) is 3.06. The summed E-state index contributed by atoms with van der Waals surface area (Å²) in [6, 6.07) is 10.4. The highest BCUT2D eigenvalue weighted by Crippen LogP contribution is 2.39. The maximum Gasteiger partial charge on any atom is 0.417 e. The number of nitrogens with two attached hydrogens (primary N) is 1. The molecule has 2 aromatic rings. The zero-order valence-corrected chi connectivity index (χ0v) is 12.0. The van der Waals surface area contributed by atoms with E-state index in [0.29, 0.717) is 11.3 Å². The lowest BCUT2D eigenvalue weighted by Crippen LogP contribution is -2.12. The fourth-order valence-electron chi connectivity index (χ4n) is 2.07. The third-order valence-corrected chi connectivity index (χ3v) is 3.06. The van der Waals surface area contributed by atoms with Gasteiger partial charge in [0.05, 0.1) is 12.7 Å². The number of ether oxygens (including phenoxy) is 2. The highest BCUT2D eigenvalue weighted by Gasteiger charge is 2.34. The normalized spacial score (nSPS) is 11.3. The average molecular weight is 311 g/mol. The standard InChI is InChI=1S/C16H16F3NO2/c1-21-12-4-2-3-11(9-12)14-6-5-13(22-8-7-20)10-15(14)16(17,18)19/h2-6,9-10H,7-8,20H2,1H3. The summed E-state index contributed by atoms with van der Waals surface area (Å²) in [7, 11) is 1.47. The van der Waals surface area contributed by atoms with Crippen molar-refractivity contribution in [2.45, 2.75) is 6.18 Å². The largest absolute Gasteiger partial charge is 0.497 e. The van der Waals surface area contributed by atoms with E-state index in [1.807, 2.05) is 0 Å². The van der Waals surface area contributed by atoms with Crippen molar-refractivity contribution >= 4 is 0 Å². The van der Waals surface area contributed by atoms with Crippen LogP contribution in [0.2, 0.25) is 0 Å². The van der Waals surface area contributed by atoms with Gasteiger partial charge >= 0.3 is 6.18 Å². The van der Waals surface area contributed by atoms with Crippen molar-refractivity contribution in [1.29, 1.82) is 0 Å². The molecule has 118 valence electrons. The molecule has 2 aromatic carbocycles. The second-order valence-corrected chi connectivity index (χ2v) is 4.57. The second-order valence-electron chi connectivity index (χ2n) is 4.57. The quantitative estimate of drug-likeness (QED) is 0.915. The summed E-state index contributed by atoms with van der Waals surface area (Å²) in [4.78, 5) is 0. The van der Waals surface area contributed by atoms with E-state index in [9.17, 15) is 13.2 Å². The Kier molecular flexibility index (Phi) is 4.92. The summed E-state index contributed by atoms with van der Waals surface area (Å²) in [6.45, 7) is 0.398. The maximum atomic E-state index is 13.3. The van der Waals surface area contributed by atoms with Gasteiger partial charge in [0, 0.05) is 6.54 Å². The Morgan fingerprint density at radius 1 is 1.05 bits per heavy atom. The minimum atomic E-state index is -4.49. The van der Waals surface area contributed by atoms with Gasteiger partial charge in [-0.15, -0.1) is 0 Å². The summed E-state index contributed by atoms with van der Waals surface area (Å²) in [5, 5.41) is 0. The van der Waals surface area contributed by atoms with Gasteiger partial charge in [-0.05, 0) is 35.4 Å². The number of methoxy groups -OCH3 is 1. The minimum Gasteiger partial charge on any atom is -0.497 e. The van der Waals surface area contributed by atoms with Gasteiger partial charge in [0.1, 0.15) is 18.1 Å². The van der Waals surface area contributed by atoms with Gasteiger partial charge in [-0.1, -0.05) is 18.2 Å². The van der Waals surface area contributed by atoms with Gasteiger partial charge in [0.25, 0.3) is 0 Å². The molecule has 0 bridgehead atoms. The van der Waals surface area contributed by atoms with Crippen molar-refractivity contribution < 1.29 is 22.6 Å². The van der Waals surface area contributed by atoms with Crippen LogP contribution in [-0.2, 0) is 6.18 Å². The van der Waals surface area contributed by atoms with Gasteiger partial charge < -0.3 is 15.2 Å². The maximum absolute atomic E-state index is 13.3. The molecule has 0 aromatic heterocycles. The Labute approximate surface area is 126 Å². The molecule has 0 unspecified atom stereocenters. The zero-order valence-electron chi connectivity index (χ0n) is 12.0. The predicted molar refractivity (Wildman–Crippen MR) is 78.0 cm³/mol. The van der Waals surface area contributed by atoms with Crippen molar-refractivity contribution in [1.82, 2.24) is 0 Å². The summed E-state index contributed by atoms with van der Waals surface area (Å²) in [6.07, 6.45) is -4.49. The van der Waals surface area contributed by atoms with Gasteiger partial charge in [0.2, 0.25) is 0 Å². The molecule has 0 aliphatic heterocycles. The smallest absolute Gasteiger partial charge is 0.417 e. The summed E-state index contributed by atoms with van der Waals surface area (Å²) in [5.74, 6) is 0.638. The SMILES string of the molecule is COc1cccc(-c2ccc(OCCN)cc2C(F)(F)F)c1. The first kappa shape index (κ1) is 16.2. The van der Waals surface area contributed by atoms with Gasteiger partial charge in [-0.2, -0.15) is 13.2 Å². The first-order valence-corrected chi connectivity index (χ1v) is 6.64. The number of halogens is 3. The van der Waals surface area contributed by atoms with E-state index < -0.39 is 11.7 Å². The molecular weight excluding hydrogens is 295 g/mol. The molecular formula is C16H16F3NO2. The summed E-state index contributed by atoms with van der Waals surface area (Å²) >= 11 is 0. The van der Waals surface area contributed by atoms with Crippen molar-refractivity contribution in [3.8, 4) is 22.6 Å². The van der Waals surface area contributed by atoms with E-state index in [-0.39, 0.29) is 24.5 Å². The number of hydrogen-bond acceptors (Lipinski definition) is 3. The predicted octanol–water partition coefficient (Wildman–Crippen LogP) is 3.72. The van der Waals surface area contributed by atoms with E-state index >= 15 is 0 Å².